The second-order valence-electron chi connectivity index (χ2n) is 6.05. The molecule has 124 valence electrons. The Labute approximate surface area is 133 Å². The van der Waals surface area contributed by atoms with Crippen LogP contribution in [0.25, 0.3) is 0 Å². The van der Waals surface area contributed by atoms with E-state index in [2.05, 4.69) is 17.6 Å². The maximum Gasteiger partial charge on any atom is 0.249 e. The van der Waals surface area contributed by atoms with Gasteiger partial charge in [-0.25, -0.2) is 0 Å². The predicted octanol–water partition coefficient (Wildman–Crippen LogP) is 1.50. The van der Waals surface area contributed by atoms with E-state index in [9.17, 15) is 4.79 Å². The van der Waals surface area contributed by atoms with Gasteiger partial charge in [-0.15, -0.1) is 12.4 Å². The molecule has 0 bridgehead atoms. The Hall–Kier alpha value is -0.360. The van der Waals surface area contributed by atoms with Crippen LogP contribution in [0.5, 0.6) is 0 Å². The Bertz CT molecular complexity index is 311. The fourth-order valence-electron chi connectivity index (χ4n) is 2.75. The monoisotopic (exact) mass is 320 g/mol. The van der Waals surface area contributed by atoms with Crippen LogP contribution in [0.4, 0.5) is 0 Å². The number of amides is 1. The van der Waals surface area contributed by atoms with Crippen LogP contribution in [0.2, 0.25) is 0 Å². The number of ether oxygens (including phenoxy) is 2. The van der Waals surface area contributed by atoms with Crippen LogP contribution in [0.3, 0.4) is 0 Å². The second-order valence-corrected chi connectivity index (χ2v) is 6.05. The van der Waals surface area contributed by atoms with E-state index in [1.54, 1.807) is 0 Å². The molecule has 0 radical (unpaired) electrons. The van der Waals surface area contributed by atoms with E-state index < -0.39 is 6.10 Å². The minimum absolute atomic E-state index is 0. The molecule has 0 aromatic heterocycles. The van der Waals surface area contributed by atoms with Gasteiger partial charge in [-0.1, -0.05) is 6.92 Å². The molecule has 5 nitrogen and oxygen atoms in total. The van der Waals surface area contributed by atoms with Gasteiger partial charge < -0.3 is 20.1 Å². The third-order valence-electron chi connectivity index (χ3n) is 4.33. The molecule has 0 spiro atoms. The fourth-order valence-corrected chi connectivity index (χ4v) is 2.75. The first-order chi connectivity index (χ1) is 9.66. The summed E-state index contributed by atoms with van der Waals surface area (Å²) in [5, 5.41) is 6.41. The summed E-state index contributed by atoms with van der Waals surface area (Å²) in [6.07, 6.45) is 4.23. The van der Waals surface area contributed by atoms with E-state index in [0.29, 0.717) is 12.5 Å². The molecule has 2 rings (SSSR count). The lowest BCUT2D eigenvalue weighted by atomic mass is 9.95. The first kappa shape index (κ1) is 18.7. The Morgan fingerprint density at radius 1 is 1.43 bits per heavy atom. The third kappa shape index (κ3) is 6.10. The fraction of sp³-hybridized carbons (Fsp3) is 0.933. The lowest BCUT2D eigenvalue weighted by Gasteiger charge is -2.31. The van der Waals surface area contributed by atoms with Crippen LogP contribution in [0.15, 0.2) is 0 Å². The normalized spacial score (nSPS) is 31.0. The van der Waals surface area contributed by atoms with Crippen molar-refractivity contribution in [1.29, 1.82) is 0 Å². The predicted molar refractivity (Wildman–Crippen MR) is 84.8 cm³/mol. The lowest BCUT2D eigenvalue weighted by molar-refractivity contribution is -0.136. The number of halogens is 1. The number of hydrogen-bond acceptors (Lipinski definition) is 4. The van der Waals surface area contributed by atoms with Gasteiger partial charge in [0.15, 0.2) is 0 Å². The summed E-state index contributed by atoms with van der Waals surface area (Å²) in [7, 11) is 0. The molecule has 4 unspecified atom stereocenters. The van der Waals surface area contributed by atoms with Crippen molar-refractivity contribution < 1.29 is 14.3 Å². The average Bonchev–Trinajstić information content (AvgIpc) is 2.48. The number of carbonyl (C=O) groups excluding carboxylic acids is 1. The Kier molecular flexibility index (Phi) is 8.56. The van der Waals surface area contributed by atoms with E-state index in [4.69, 9.17) is 9.47 Å². The Morgan fingerprint density at radius 3 is 2.90 bits per heavy atom. The SMILES string of the molecule is CC(OCC1CCCCO1)C(=O)NC1CNCCC1C.Cl. The zero-order valence-corrected chi connectivity index (χ0v) is 13.9. The molecular formula is C15H29ClN2O3. The van der Waals surface area contributed by atoms with Gasteiger partial charge in [0.1, 0.15) is 6.10 Å². The second kappa shape index (κ2) is 9.62. The first-order valence-corrected chi connectivity index (χ1v) is 7.91. The molecule has 0 aromatic carbocycles. The van der Waals surface area contributed by atoms with Crippen LogP contribution >= 0.6 is 12.4 Å². The van der Waals surface area contributed by atoms with Crippen molar-refractivity contribution in [2.75, 3.05) is 26.3 Å². The van der Waals surface area contributed by atoms with Gasteiger partial charge in [-0.3, -0.25) is 4.79 Å². The molecule has 2 aliphatic rings. The van der Waals surface area contributed by atoms with Gasteiger partial charge >= 0.3 is 0 Å². The summed E-state index contributed by atoms with van der Waals surface area (Å²) < 4.78 is 11.3. The van der Waals surface area contributed by atoms with Gasteiger partial charge in [0.25, 0.3) is 0 Å². The number of carbonyl (C=O) groups is 1. The lowest BCUT2D eigenvalue weighted by Crippen LogP contribution is -2.52. The third-order valence-corrected chi connectivity index (χ3v) is 4.33. The summed E-state index contributed by atoms with van der Waals surface area (Å²) in [5.41, 5.74) is 0. The number of piperidine rings is 1. The van der Waals surface area contributed by atoms with Crippen molar-refractivity contribution in [1.82, 2.24) is 10.6 Å². The molecule has 0 aliphatic carbocycles. The van der Waals surface area contributed by atoms with Gasteiger partial charge in [0.05, 0.1) is 12.7 Å². The highest BCUT2D eigenvalue weighted by Gasteiger charge is 2.25. The van der Waals surface area contributed by atoms with Crippen LogP contribution in [-0.4, -0.2) is 50.5 Å². The van der Waals surface area contributed by atoms with Gasteiger partial charge in [0, 0.05) is 19.2 Å². The molecular weight excluding hydrogens is 292 g/mol. The van der Waals surface area contributed by atoms with Crippen molar-refractivity contribution in [3.05, 3.63) is 0 Å². The van der Waals surface area contributed by atoms with Crippen LogP contribution in [0, 0.1) is 5.92 Å². The molecule has 2 fully saturated rings. The van der Waals surface area contributed by atoms with Crippen molar-refractivity contribution in [3.8, 4) is 0 Å². The van der Waals surface area contributed by atoms with Gasteiger partial charge in [-0.2, -0.15) is 0 Å². The van der Waals surface area contributed by atoms with E-state index in [-0.39, 0.29) is 30.5 Å². The van der Waals surface area contributed by atoms with E-state index in [1.165, 1.54) is 6.42 Å². The highest BCUT2D eigenvalue weighted by molar-refractivity contribution is 5.85. The number of nitrogens with one attached hydrogen (secondary N) is 2. The molecule has 2 aliphatic heterocycles. The molecule has 2 heterocycles. The highest BCUT2D eigenvalue weighted by Crippen LogP contribution is 2.14. The van der Waals surface area contributed by atoms with Gasteiger partial charge in [0.2, 0.25) is 5.91 Å². The summed E-state index contributed by atoms with van der Waals surface area (Å²) in [5.74, 6) is 0.510. The van der Waals surface area contributed by atoms with E-state index >= 15 is 0 Å². The average molecular weight is 321 g/mol. The molecule has 4 atom stereocenters. The van der Waals surface area contributed by atoms with Crippen molar-refractivity contribution >= 4 is 18.3 Å². The van der Waals surface area contributed by atoms with Gasteiger partial charge in [-0.05, 0) is 45.1 Å². The maximum absolute atomic E-state index is 12.1. The van der Waals surface area contributed by atoms with Crippen LogP contribution < -0.4 is 10.6 Å². The minimum Gasteiger partial charge on any atom is -0.376 e. The zero-order valence-electron chi connectivity index (χ0n) is 13.1. The van der Waals surface area contributed by atoms with Crippen LogP contribution in [-0.2, 0) is 14.3 Å². The molecule has 0 aromatic rings. The van der Waals surface area contributed by atoms with Crippen LogP contribution in [0.1, 0.15) is 39.5 Å². The van der Waals surface area contributed by atoms with Crippen molar-refractivity contribution in [2.45, 2.75) is 57.8 Å². The molecule has 21 heavy (non-hydrogen) atoms. The zero-order chi connectivity index (χ0) is 14.4. The topological polar surface area (TPSA) is 59.6 Å². The van der Waals surface area contributed by atoms with E-state index in [1.807, 2.05) is 6.92 Å². The Balaban J connectivity index is 0.00000220. The number of hydrogen-bond donors (Lipinski definition) is 2. The standard InChI is InChI=1S/C15H28N2O3.ClH/c1-11-6-7-16-9-14(11)17-15(18)12(2)20-10-13-5-3-4-8-19-13;/h11-14,16H,3-10H2,1-2H3,(H,17,18);1H. The van der Waals surface area contributed by atoms with Crippen molar-refractivity contribution in [2.24, 2.45) is 5.92 Å². The number of rotatable bonds is 5. The largest absolute Gasteiger partial charge is 0.376 e. The van der Waals surface area contributed by atoms with Crippen molar-refractivity contribution in [3.63, 3.8) is 0 Å². The molecule has 1 amide bonds. The molecule has 2 saturated heterocycles. The minimum atomic E-state index is -0.408. The summed E-state index contributed by atoms with van der Waals surface area (Å²) in [4.78, 5) is 12.1. The van der Waals surface area contributed by atoms with E-state index in [0.717, 1.165) is 39.0 Å². The molecule has 6 heteroatoms. The first-order valence-electron chi connectivity index (χ1n) is 7.91. The quantitative estimate of drug-likeness (QED) is 0.806. The highest BCUT2D eigenvalue weighted by atomic mass is 35.5. The molecule has 0 saturated carbocycles. The Morgan fingerprint density at radius 2 is 2.24 bits per heavy atom. The summed E-state index contributed by atoms with van der Waals surface area (Å²) in [6, 6.07) is 0.216. The maximum atomic E-state index is 12.1. The smallest absolute Gasteiger partial charge is 0.249 e. The summed E-state index contributed by atoms with van der Waals surface area (Å²) >= 11 is 0. The summed E-state index contributed by atoms with van der Waals surface area (Å²) in [6.45, 7) is 7.24. The molecule has 2 N–H and O–H groups in total.